The van der Waals surface area contributed by atoms with E-state index in [0.29, 0.717) is 5.56 Å². The Hall–Kier alpha value is -0.160. The van der Waals surface area contributed by atoms with E-state index in [0.717, 1.165) is 3.57 Å². The number of hydrogen-bond donors (Lipinski definition) is 1. The van der Waals surface area contributed by atoms with E-state index in [-0.39, 0.29) is 6.42 Å². The summed E-state index contributed by atoms with van der Waals surface area (Å²) in [6.07, 6.45) is 0.0770. The summed E-state index contributed by atoms with van der Waals surface area (Å²) in [4.78, 5) is 0. The second-order valence-corrected chi connectivity index (χ2v) is 3.87. The van der Waals surface area contributed by atoms with Crippen LogP contribution in [0, 0.1) is 3.57 Å². The fraction of sp³-hybridized carbons (Fsp3) is 0.333. The third-order valence-electron chi connectivity index (χ3n) is 1.76. The molecule has 1 atom stereocenters. The number of rotatable bonds is 2. The van der Waals surface area contributed by atoms with Crippen LogP contribution in [0.2, 0.25) is 0 Å². The zero-order valence-corrected chi connectivity index (χ0v) is 8.88. The molecule has 0 spiro atoms. The molecule has 0 radical (unpaired) electrons. The van der Waals surface area contributed by atoms with Gasteiger partial charge in [0.1, 0.15) is 0 Å². The molecule has 0 aliphatic rings. The molecule has 0 saturated heterocycles. The fourth-order valence-electron chi connectivity index (χ4n) is 0.909. The lowest BCUT2D eigenvalue weighted by molar-refractivity contribution is -0.0980. The van der Waals surface area contributed by atoms with E-state index in [2.05, 4.69) is 22.6 Å². The Kier molecular flexibility index (Phi) is 3.06. The van der Waals surface area contributed by atoms with Gasteiger partial charge in [0.25, 0.3) is 0 Å². The van der Waals surface area contributed by atoms with Gasteiger partial charge >= 0.3 is 0 Å². The molecule has 1 unspecified atom stereocenters. The average Bonchev–Trinajstić information content (AvgIpc) is 2.05. The third kappa shape index (κ3) is 2.17. The van der Waals surface area contributed by atoms with Crippen LogP contribution in [0.4, 0.5) is 4.39 Å². The molecular weight excluding hydrogens is 270 g/mol. The van der Waals surface area contributed by atoms with Crippen LogP contribution in [-0.4, -0.2) is 5.11 Å². The first kappa shape index (κ1) is 9.92. The van der Waals surface area contributed by atoms with Crippen molar-refractivity contribution < 1.29 is 9.50 Å². The van der Waals surface area contributed by atoms with Crippen molar-refractivity contribution in [1.29, 1.82) is 0 Å². The maximum atomic E-state index is 13.2. The van der Waals surface area contributed by atoms with E-state index in [4.69, 9.17) is 0 Å². The highest BCUT2D eigenvalue weighted by Gasteiger charge is 2.25. The van der Waals surface area contributed by atoms with Crippen molar-refractivity contribution in [2.75, 3.05) is 0 Å². The molecule has 66 valence electrons. The van der Waals surface area contributed by atoms with E-state index >= 15 is 0 Å². The molecule has 1 N–H and O–H groups in total. The minimum atomic E-state index is -2.18. The molecule has 0 saturated carbocycles. The zero-order chi connectivity index (χ0) is 9.19. The summed E-state index contributed by atoms with van der Waals surface area (Å²) >= 11 is 2.13. The van der Waals surface area contributed by atoms with E-state index in [1.165, 1.54) is 0 Å². The Morgan fingerprint density at radius 3 is 2.33 bits per heavy atom. The lowest BCUT2D eigenvalue weighted by Crippen LogP contribution is -2.17. The molecule has 0 bridgehead atoms. The number of aliphatic hydroxyl groups is 1. The van der Waals surface area contributed by atoms with Gasteiger partial charge in [0, 0.05) is 15.6 Å². The Balaban J connectivity index is 2.96. The molecule has 1 rings (SSSR count). The second-order valence-electron chi connectivity index (χ2n) is 2.62. The zero-order valence-electron chi connectivity index (χ0n) is 6.72. The van der Waals surface area contributed by atoms with E-state index in [1.54, 1.807) is 31.2 Å². The first-order valence-corrected chi connectivity index (χ1v) is 4.81. The molecule has 0 aliphatic heterocycles. The molecule has 0 amide bonds. The highest BCUT2D eigenvalue weighted by molar-refractivity contribution is 14.1. The quantitative estimate of drug-likeness (QED) is 0.826. The van der Waals surface area contributed by atoms with Crippen LogP contribution < -0.4 is 0 Å². The highest BCUT2D eigenvalue weighted by atomic mass is 127. The van der Waals surface area contributed by atoms with Crippen molar-refractivity contribution in [3.8, 4) is 0 Å². The molecule has 0 heterocycles. The largest absolute Gasteiger partial charge is 0.358 e. The van der Waals surface area contributed by atoms with Gasteiger partial charge in [0.05, 0.1) is 0 Å². The first-order valence-electron chi connectivity index (χ1n) is 3.73. The van der Waals surface area contributed by atoms with Gasteiger partial charge in [-0.2, -0.15) is 0 Å². The van der Waals surface area contributed by atoms with Crippen LogP contribution in [0.3, 0.4) is 0 Å². The summed E-state index contributed by atoms with van der Waals surface area (Å²) in [5.41, 5.74) is 0.324. The summed E-state index contributed by atoms with van der Waals surface area (Å²) in [6.45, 7) is 1.61. The molecule has 1 aromatic carbocycles. The SMILES string of the molecule is CCC(O)(F)c1ccc(I)cc1. The summed E-state index contributed by atoms with van der Waals surface area (Å²) in [6, 6.07) is 6.75. The Bertz CT molecular complexity index is 256. The molecular formula is C9H10FIO. The van der Waals surface area contributed by atoms with Crippen LogP contribution in [0.1, 0.15) is 18.9 Å². The van der Waals surface area contributed by atoms with Gasteiger partial charge in [-0.3, -0.25) is 0 Å². The minimum absolute atomic E-state index is 0.0770. The van der Waals surface area contributed by atoms with Crippen molar-refractivity contribution in [2.45, 2.75) is 19.2 Å². The predicted octanol–water partition coefficient (Wildman–Crippen LogP) is 2.82. The molecule has 12 heavy (non-hydrogen) atoms. The van der Waals surface area contributed by atoms with Crippen molar-refractivity contribution in [3.63, 3.8) is 0 Å². The highest BCUT2D eigenvalue weighted by Crippen LogP contribution is 2.26. The number of hydrogen-bond acceptors (Lipinski definition) is 1. The van der Waals surface area contributed by atoms with Crippen molar-refractivity contribution >= 4 is 22.6 Å². The molecule has 1 nitrogen and oxygen atoms in total. The normalized spacial score (nSPS) is 15.7. The Morgan fingerprint density at radius 1 is 1.42 bits per heavy atom. The van der Waals surface area contributed by atoms with Gasteiger partial charge in [-0.1, -0.05) is 19.1 Å². The van der Waals surface area contributed by atoms with Gasteiger partial charge in [-0.25, -0.2) is 4.39 Å². The maximum absolute atomic E-state index is 13.2. The topological polar surface area (TPSA) is 20.2 Å². The molecule has 1 aromatic rings. The first-order chi connectivity index (χ1) is 5.56. The Morgan fingerprint density at radius 2 is 1.92 bits per heavy atom. The maximum Gasteiger partial charge on any atom is 0.232 e. The van der Waals surface area contributed by atoms with Gasteiger partial charge < -0.3 is 5.11 Å². The van der Waals surface area contributed by atoms with Crippen LogP contribution >= 0.6 is 22.6 Å². The molecule has 3 heteroatoms. The molecule has 0 aromatic heterocycles. The lowest BCUT2D eigenvalue weighted by Gasteiger charge is -2.16. The predicted molar refractivity (Wildman–Crippen MR) is 54.5 cm³/mol. The summed E-state index contributed by atoms with van der Waals surface area (Å²) in [5, 5.41) is 9.22. The van der Waals surface area contributed by atoms with E-state index in [9.17, 15) is 9.50 Å². The van der Waals surface area contributed by atoms with Crippen molar-refractivity contribution in [2.24, 2.45) is 0 Å². The molecule has 0 fully saturated rings. The van der Waals surface area contributed by atoms with Gasteiger partial charge in [-0.05, 0) is 34.7 Å². The second kappa shape index (κ2) is 3.70. The summed E-state index contributed by atoms with van der Waals surface area (Å²) < 4.78 is 14.3. The number of benzene rings is 1. The van der Waals surface area contributed by atoms with Gasteiger partial charge in [0.2, 0.25) is 5.85 Å². The van der Waals surface area contributed by atoms with Crippen LogP contribution in [0.5, 0.6) is 0 Å². The smallest absolute Gasteiger partial charge is 0.232 e. The van der Waals surface area contributed by atoms with Crippen molar-refractivity contribution in [1.82, 2.24) is 0 Å². The monoisotopic (exact) mass is 280 g/mol. The summed E-state index contributed by atoms with van der Waals surface area (Å²) in [7, 11) is 0. The van der Waals surface area contributed by atoms with Gasteiger partial charge in [-0.15, -0.1) is 0 Å². The van der Waals surface area contributed by atoms with Crippen LogP contribution in [-0.2, 0) is 5.85 Å². The lowest BCUT2D eigenvalue weighted by atomic mass is 10.1. The van der Waals surface area contributed by atoms with Crippen molar-refractivity contribution in [3.05, 3.63) is 33.4 Å². The van der Waals surface area contributed by atoms with E-state index < -0.39 is 5.85 Å². The minimum Gasteiger partial charge on any atom is -0.358 e. The molecule has 0 aliphatic carbocycles. The van der Waals surface area contributed by atoms with E-state index in [1.807, 2.05) is 0 Å². The van der Waals surface area contributed by atoms with Crippen LogP contribution in [0.25, 0.3) is 0 Å². The standard InChI is InChI=1S/C9H10FIO/c1-2-9(10,12)7-3-5-8(11)6-4-7/h3-6,12H,2H2,1H3. The number of halogens is 2. The third-order valence-corrected chi connectivity index (χ3v) is 2.47. The van der Waals surface area contributed by atoms with Crippen LogP contribution in [0.15, 0.2) is 24.3 Å². The average molecular weight is 280 g/mol. The number of alkyl halides is 1. The summed E-state index contributed by atoms with van der Waals surface area (Å²) in [5.74, 6) is -2.18. The van der Waals surface area contributed by atoms with Gasteiger partial charge in [0.15, 0.2) is 0 Å². The Labute approximate surface area is 84.7 Å². The fourth-order valence-corrected chi connectivity index (χ4v) is 1.27.